The van der Waals surface area contributed by atoms with E-state index < -0.39 is 0 Å². The van der Waals surface area contributed by atoms with Crippen molar-refractivity contribution in [2.24, 2.45) is 0 Å². The Balaban J connectivity index is 0.00000137. The monoisotopic (exact) mass is 244 g/mol. The van der Waals surface area contributed by atoms with Gasteiger partial charge in [-0.1, -0.05) is 64.0 Å². The third-order valence-corrected chi connectivity index (χ3v) is 2.43. The molecular weight excluding hydrogens is 220 g/mol. The third kappa shape index (κ3) is 7.68. The van der Waals surface area contributed by atoms with Crippen molar-refractivity contribution in [2.75, 3.05) is 0 Å². The van der Waals surface area contributed by atoms with E-state index in [1.165, 1.54) is 25.7 Å². The van der Waals surface area contributed by atoms with Gasteiger partial charge in [-0.3, -0.25) is 4.79 Å². The zero-order chi connectivity index (χ0) is 13.6. The minimum atomic E-state index is 0.702. The first kappa shape index (κ1) is 16.4. The molecule has 0 fully saturated rings. The highest BCUT2D eigenvalue weighted by Crippen LogP contribution is 2.03. The van der Waals surface area contributed by atoms with Gasteiger partial charge >= 0.3 is 0 Å². The fourth-order valence-electron chi connectivity index (χ4n) is 1.45. The van der Waals surface area contributed by atoms with Crippen LogP contribution >= 0.6 is 0 Å². The molecule has 0 unspecified atom stereocenters. The predicted molar refractivity (Wildman–Crippen MR) is 78.8 cm³/mol. The Morgan fingerprint density at radius 3 is 2.28 bits per heavy atom. The zero-order valence-electron chi connectivity index (χ0n) is 11.8. The van der Waals surface area contributed by atoms with Gasteiger partial charge in [0.05, 0.1) is 0 Å². The largest absolute Gasteiger partial charge is 0.298 e. The highest BCUT2D eigenvalue weighted by Gasteiger charge is 1.89. The van der Waals surface area contributed by atoms with E-state index in [0.717, 1.165) is 18.3 Å². The molecular formula is C17H24O. The summed E-state index contributed by atoms with van der Waals surface area (Å²) in [6.07, 6.45) is 6.84. The number of carbonyl (C=O) groups is 1. The Labute approximate surface area is 112 Å². The first-order valence-electron chi connectivity index (χ1n) is 6.91. The molecule has 18 heavy (non-hydrogen) atoms. The second kappa shape index (κ2) is 11.9. The average molecular weight is 244 g/mol. The van der Waals surface area contributed by atoms with Crippen molar-refractivity contribution in [3.63, 3.8) is 0 Å². The smallest absolute Gasteiger partial charge is 0.150 e. The summed E-state index contributed by atoms with van der Waals surface area (Å²) < 4.78 is 0. The quantitative estimate of drug-likeness (QED) is 0.411. The van der Waals surface area contributed by atoms with Crippen molar-refractivity contribution in [1.82, 2.24) is 0 Å². The molecule has 0 aliphatic heterocycles. The van der Waals surface area contributed by atoms with Crippen LogP contribution in [0, 0.1) is 11.8 Å². The molecule has 1 aromatic rings. The predicted octanol–water partition coefficient (Wildman–Crippen LogP) is 4.85. The Bertz CT molecular complexity index is 365. The maximum atomic E-state index is 10.4. The molecule has 0 bridgehead atoms. The molecule has 0 heterocycles. The van der Waals surface area contributed by atoms with Crippen LogP contribution in [0.3, 0.4) is 0 Å². The van der Waals surface area contributed by atoms with Gasteiger partial charge < -0.3 is 0 Å². The summed E-state index contributed by atoms with van der Waals surface area (Å²) in [6.45, 7) is 6.21. The van der Waals surface area contributed by atoms with Gasteiger partial charge in [-0.25, -0.2) is 0 Å². The fraction of sp³-hybridized carbons (Fsp3) is 0.471. The van der Waals surface area contributed by atoms with Crippen LogP contribution in [0.15, 0.2) is 24.3 Å². The fourth-order valence-corrected chi connectivity index (χ4v) is 1.45. The Kier molecular flexibility index (Phi) is 10.9. The summed E-state index contributed by atoms with van der Waals surface area (Å²) in [5.41, 5.74) is 1.69. The number of unbranched alkanes of at least 4 members (excludes halogenated alkanes) is 4. The molecule has 1 heteroatoms. The van der Waals surface area contributed by atoms with E-state index in [1.807, 2.05) is 26.0 Å². The van der Waals surface area contributed by atoms with E-state index in [-0.39, 0.29) is 0 Å². The van der Waals surface area contributed by atoms with E-state index in [4.69, 9.17) is 0 Å². The molecule has 0 spiro atoms. The number of benzene rings is 1. The van der Waals surface area contributed by atoms with Gasteiger partial charge in [0, 0.05) is 17.5 Å². The van der Waals surface area contributed by atoms with Crippen LogP contribution in [-0.2, 0) is 0 Å². The first-order chi connectivity index (χ1) is 8.86. The van der Waals surface area contributed by atoms with Crippen LogP contribution in [0.5, 0.6) is 0 Å². The summed E-state index contributed by atoms with van der Waals surface area (Å²) in [7, 11) is 0. The number of hydrogen-bond acceptors (Lipinski definition) is 1. The summed E-state index contributed by atoms with van der Waals surface area (Å²) in [4.78, 5) is 10.4. The van der Waals surface area contributed by atoms with Crippen molar-refractivity contribution in [3.05, 3.63) is 35.4 Å². The number of hydrogen-bond donors (Lipinski definition) is 0. The zero-order valence-corrected chi connectivity index (χ0v) is 11.8. The summed E-state index contributed by atoms with van der Waals surface area (Å²) in [6, 6.07) is 7.38. The van der Waals surface area contributed by atoms with Gasteiger partial charge in [-0.15, -0.1) is 0 Å². The molecule has 0 N–H and O–H groups in total. The second-order valence-electron chi connectivity index (χ2n) is 3.85. The molecule has 1 nitrogen and oxygen atoms in total. The number of aldehydes is 1. The van der Waals surface area contributed by atoms with Crippen molar-refractivity contribution in [3.8, 4) is 11.8 Å². The minimum Gasteiger partial charge on any atom is -0.298 e. The van der Waals surface area contributed by atoms with E-state index in [9.17, 15) is 4.79 Å². The molecule has 1 aromatic carbocycles. The standard InChI is InChI=1S/C15H18O.C2H6/c1-2-3-4-5-6-7-8-14-9-11-15(13-16)12-10-14;1-2/h9-13H,2-6H2,1H3;1-2H3. The Hall–Kier alpha value is -1.55. The Morgan fingerprint density at radius 1 is 1.06 bits per heavy atom. The topological polar surface area (TPSA) is 17.1 Å². The summed E-state index contributed by atoms with van der Waals surface area (Å²) in [5.74, 6) is 6.27. The van der Waals surface area contributed by atoms with Gasteiger partial charge in [0.2, 0.25) is 0 Å². The molecule has 0 amide bonds. The summed E-state index contributed by atoms with van der Waals surface area (Å²) >= 11 is 0. The van der Waals surface area contributed by atoms with Crippen molar-refractivity contribution in [1.29, 1.82) is 0 Å². The van der Waals surface area contributed by atoms with Crippen molar-refractivity contribution >= 4 is 6.29 Å². The maximum absolute atomic E-state index is 10.4. The van der Waals surface area contributed by atoms with Crippen LogP contribution in [0.1, 0.15) is 68.8 Å². The summed E-state index contributed by atoms with van der Waals surface area (Å²) in [5, 5.41) is 0. The molecule has 0 aromatic heterocycles. The molecule has 0 aliphatic rings. The van der Waals surface area contributed by atoms with Gasteiger partial charge in [-0.2, -0.15) is 0 Å². The van der Waals surface area contributed by atoms with Crippen LogP contribution < -0.4 is 0 Å². The number of rotatable bonds is 5. The molecule has 1 rings (SSSR count). The maximum Gasteiger partial charge on any atom is 0.150 e. The van der Waals surface area contributed by atoms with Crippen LogP contribution in [0.25, 0.3) is 0 Å². The van der Waals surface area contributed by atoms with E-state index in [1.54, 1.807) is 12.1 Å². The third-order valence-electron chi connectivity index (χ3n) is 2.43. The van der Waals surface area contributed by atoms with Gasteiger partial charge in [0.1, 0.15) is 6.29 Å². The second-order valence-corrected chi connectivity index (χ2v) is 3.85. The molecule has 0 saturated carbocycles. The number of carbonyl (C=O) groups excluding carboxylic acids is 1. The lowest BCUT2D eigenvalue weighted by molar-refractivity contribution is 0.112. The lowest BCUT2D eigenvalue weighted by atomic mass is 10.1. The van der Waals surface area contributed by atoms with E-state index in [0.29, 0.717) is 5.56 Å². The lowest BCUT2D eigenvalue weighted by Gasteiger charge is -1.93. The molecule has 0 saturated heterocycles. The van der Waals surface area contributed by atoms with E-state index >= 15 is 0 Å². The van der Waals surface area contributed by atoms with Crippen LogP contribution in [0.2, 0.25) is 0 Å². The highest BCUT2D eigenvalue weighted by atomic mass is 16.1. The van der Waals surface area contributed by atoms with E-state index in [2.05, 4.69) is 18.8 Å². The normalized spacial score (nSPS) is 8.61. The molecule has 0 radical (unpaired) electrons. The molecule has 0 atom stereocenters. The van der Waals surface area contributed by atoms with Crippen molar-refractivity contribution in [2.45, 2.75) is 52.9 Å². The molecule has 98 valence electrons. The van der Waals surface area contributed by atoms with Crippen LogP contribution in [-0.4, -0.2) is 6.29 Å². The van der Waals surface area contributed by atoms with Gasteiger partial charge in [-0.05, 0) is 18.6 Å². The first-order valence-corrected chi connectivity index (χ1v) is 6.91. The average Bonchev–Trinajstić information content (AvgIpc) is 2.45. The lowest BCUT2D eigenvalue weighted by Crippen LogP contribution is -1.80. The van der Waals surface area contributed by atoms with Gasteiger partial charge in [0.25, 0.3) is 0 Å². The Morgan fingerprint density at radius 2 is 1.72 bits per heavy atom. The van der Waals surface area contributed by atoms with Crippen molar-refractivity contribution < 1.29 is 4.79 Å². The SMILES string of the molecule is CC.CCCCCCC#Cc1ccc(C=O)cc1. The van der Waals surface area contributed by atoms with Gasteiger partial charge in [0.15, 0.2) is 0 Å². The van der Waals surface area contributed by atoms with Crippen LogP contribution in [0.4, 0.5) is 0 Å². The highest BCUT2D eigenvalue weighted by molar-refractivity contribution is 5.74. The minimum absolute atomic E-state index is 0.702. The molecule has 0 aliphatic carbocycles.